The van der Waals surface area contributed by atoms with Crippen molar-refractivity contribution in [2.45, 2.75) is 39.7 Å². The molecule has 2 N–H and O–H groups in total. The predicted molar refractivity (Wildman–Crippen MR) is 85.7 cm³/mol. The summed E-state index contributed by atoms with van der Waals surface area (Å²) in [5, 5.41) is 9.51. The first-order valence-corrected chi connectivity index (χ1v) is 7.60. The molecule has 0 aliphatic heterocycles. The number of amides is 1. The van der Waals surface area contributed by atoms with E-state index in [0.29, 0.717) is 19.6 Å². The molecule has 2 rings (SSSR count). The van der Waals surface area contributed by atoms with Gasteiger partial charge < -0.3 is 10.1 Å². The number of ether oxygens (including phenoxy) is 1. The van der Waals surface area contributed by atoms with E-state index in [2.05, 4.69) is 34.6 Å². The molecular weight excluding hydrogens is 278 g/mol. The number of H-pyrrole nitrogens is 1. The molecule has 1 aromatic heterocycles. The molecule has 0 radical (unpaired) electrons. The van der Waals surface area contributed by atoms with Crippen molar-refractivity contribution in [1.82, 2.24) is 15.5 Å². The minimum Gasteiger partial charge on any atom is -0.493 e. The Morgan fingerprint density at radius 1 is 1.27 bits per heavy atom. The highest BCUT2D eigenvalue weighted by Gasteiger charge is 2.03. The first-order chi connectivity index (χ1) is 10.6. The zero-order valence-electron chi connectivity index (χ0n) is 13.2. The van der Waals surface area contributed by atoms with Crippen molar-refractivity contribution in [3.63, 3.8) is 0 Å². The monoisotopic (exact) mass is 301 g/mol. The Morgan fingerprint density at radius 2 is 2.14 bits per heavy atom. The number of aromatic nitrogens is 2. The topological polar surface area (TPSA) is 67.0 Å². The van der Waals surface area contributed by atoms with Crippen LogP contribution in [-0.4, -0.2) is 22.7 Å². The first kappa shape index (κ1) is 16.1. The third-order valence-electron chi connectivity index (χ3n) is 3.43. The molecule has 0 saturated heterocycles. The van der Waals surface area contributed by atoms with E-state index < -0.39 is 0 Å². The number of nitrogens with one attached hydrogen (secondary N) is 2. The van der Waals surface area contributed by atoms with Crippen LogP contribution < -0.4 is 10.1 Å². The van der Waals surface area contributed by atoms with Crippen molar-refractivity contribution >= 4 is 5.91 Å². The van der Waals surface area contributed by atoms with Gasteiger partial charge in [0.15, 0.2) is 0 Å². The quantitative estimate of drug-likeness (QED) is 0.737. The molecule has 5 nitrogen and oxygen atoms in total. The fourth-order valence-corrected chi connectivity index (χ4v) is 2.10. The number of benzene rings is 1. The highest BCUT2D eigenvalue weighted by molar-refractivity contribution is 5.75. The van der Waals surface area contributed by atoms with Crippen molar-refractivity contribution in [2.24, 2.45) is 0 Å². The predicted octanol–water partition coefficient (Wildman–Crippen LogP) is 2.89. The largest absolute Gasteiger partial charge is 0.493 e. The number of carbonyl (C=O) groups excluding carboxylic acids is 1. The van der Waals surface area contributed by atoms with Crippen LogP contribution in [0.15, 0.2) is 30.5 Å². The molecule has 0 spiro atoms. The summed E-state index contributed by atoms with van der Waals surface area (Å²) in [6.07, 6.45) is 3.88. The molecule has 0 unspecified atom stereocenters. The second-order valence-electron chi connectivity index (χ2n) is 5.43. The molecule has 5 heteroatoms. The number of aromatic amines is 1. The highest BCUT2D eigenvalue weighted by atomic mass is 16.5. The van der Waals surface area contributed by atoms with E-state index in [1.54, 1.807) is 6.20 Å². The number of rotatable bonds is 8. The van der Waals surface area contributed by atoms with Gasteiger partial charge in [-0.3, -0.25) is 9.89 Å². The summed E-state index contributed by atoms with van der Waals surface area (Å²) in [6, 6.07) is 8.03. The molecular formula is C17H23N3O2. The van der Waals surface area contributed by atoms with Gasteiger partial charge in [-0.1, -0.05) is 12.1 Å². The average molecular weight is 301 g/mol. The molecule has 1 heterocycles. The maximum absolute atomic E-state index is 11.7. The molecule has 0 aliphatic carbocycles. The van der Waals surface area contributed by atoms with Gasteiger partial charge in [0.2, 0.25) is 5.91 Å². The zero-order chi connectivity index (χ0) is 15.8. The number of hydrogen-bond donors (Lipinski definition) is 2. The molecule has 22 heavy (non-hydrogen) atoms. The van der Waals surface area contributed by atoms with E-state index >= 15 is 0 Å². The smallest absolute Gasteiger partial charge is 0.220 e. The van der Waals surface area contributed by atoms with Crippen LogP contribution in [0.25, 0.3) is 0 Å². The van der Waals surface area contributed by atoms with Gasteiger partial charge in [-0.15, -0.1) is 0 Å². The third kappa shape index (κ3) is 5.24. The molecule has 1 amide bonds. The minimum absolute atomic E-state index is 0.0568. The third-order valence-corrected chi connectivity index (χ3v) is 3.43. The summed E-state index contributed by atoms with van der Waals surface area (Å²) in [6.45, 7) is 5.23. The van der Waals surface area contributed by atoms with Gasteiger partial charge in [-0.2, -0.15) is 5.10 Å². The maximum Gasteiger partial charge on any atom is 0.220 e. The van der Waals surface area contributed by atoms with Crippen molar-refractivity contribution in [2.75, 3.05) is 6.61 Å². The molecule has 1 aromatic carbocycles. The Kier molecular flexibility index (Phi) is 6.01. The zero-order valence-corrected chi connectivity index (χ0v) is 13.2. The van der Waals surface area contributed by atoms with Crippen LogP contribution in [0.4, 0.5) is 0 Å². The molecule has 0 atom stereocenters. The van der Waals surface area contributed by atoms with Crippen LogP contribution in [0.2, 0.25) is 0 Å². The van der Waals surface area contributed by atoms with Gasteiger partial charge in [0.25, 0.3) is 0 Å². The summed E-state index contributed by atoms with van der Waals surface area (Å²) < 4.78 is 5.77. The molecule has 0 aliphatic rings. The van der Waals surface area contributed by atoms with Gasteiger partial charge in [-0.25, -0.2) is 0 Å². The number of nitrogens with zero attached hydrogens (tertiary/aromatic N) is 1. The second-order valence-corrected chi connectivity index (χ2v) is 5.43. The van der Waals surface area contributed by atoms with Crippen molar-refractivity contribution in [3.8, 4) is 5.75 Å². The summed E-state index contributed by atoms with van der Waals surface area (Å²) in [7, 11) is 0. The van der Waals surface area contributed by atoms with E-state index in [-0.39, 0.29) is 5.91 Å². The molecule has 2 aromatic rings. The van der Waals surface area contributed by atoms with E-state index in [9.17, 15) is 4.79 Å². The SMILES string of the molecule is Cc1ccc(C)c(OCCCCC(=O)NCc2ccn[nH]2)c1. The molecule has 0 bridgehead atoms. The lowest BCUT2D eigenvalue weighted by Gasteiger charge is -2.10. The van der Waals surface area contributed by atoms with Crippen LogP contribution in [-0.2, 0) is 11.3 Å². The Labute approximate surface area is 131 Å². The lowest BCUT2D eigenvalue weighted by molar-refractivity contribution is -0.121. The van der Waals surface area contributed by atoms with E-state index in [1.807, 2.05) is 19.1 Å². The first-order valence-electron chi connectivity index (χ1n) is 7.60. The lowest BCUT2D eigenvalue weighted by atomic mass is 10.1. The van der Waals surface area contributed by atoms with Gasteiger partial charge in [-0.05, 0) is 49.9 Å². The second kappa shape index (κ2) is 8.22. The summed E-state index contributed by atoms with van der Waals surface area (Å²) in [5.41, 5.74) is 3.24. The lowest BCUT2D eigenvalue weighted by Crippen LogP contribution is -2.22. The van der Waals surface area contributed by atoms with Gasteiger partial charge >= 0.3 is 0 Å². The Morgan fingerprint density at radius 3 is 2.91 bits per heavy atom. The fraction of sp³-hybridized carbons (Fsp3) is 0.412. The van der Waals surface area contributed by atoms with Gasteiger partial charge in [0.1, 0.15) is 5.75 Å². The van der Waals surface area contributed by atoms with Crippen molar-refractivity contribution in [3.05, 3.63) is 47.3 Å². The summed E-state index contributed by atoms with van der Waals surface area (Å²) >= 11 is 0. The summed E-state index contributed by atoms with van der Waals surface area (Å²) in [5.74, 6) is 0.991. The van der Waals surface area contributed by atoms with Crippen LogP contribution in [0.1, 0.15) is 36.1 Å². The highest BCUT2D eigenvalue weighted by Crippen LogP contribution is 2.19. The van der Waals surface area contributed by atoms with Crippen molar-refractivity contribution < 1.29 is 9.53 Å². The van der Waals surface area contributed by atoms with Crippen LogP contribution in [0.3, 0.4) is 0 Å². The fourth-order valence-electron chi connectivity index (χ4n) is 2.10. The van der Waals surface area contributed by atoms with Gasteiger partial charge in [0.05, 0.1) is 18.8 Å². The van der Waals surface area contributed by atoms with Crippen molar-refractivity contribution in [1.29, 1.82) is 0 Å². The standard InChI is InChI=1S/C17H23N3O2/c1-13-6-7-14(2)16(11-13)22-10-4-3-5-17(21)18-12-15-8-9-19-20-15/h6-9,11H,3-5,10,12H2,1-2H3,(H,18,21)(H,19,20). The van der Waals surface area contributed by atoms with Crippen LogP contribution in [0, 0.1) is 13.8 Å². The van der Waals surface area contributed by atoms with E-state index in [1.165, 1.54) is 5.56 Å². The number of hydrogen-bond acceptors (Lipinski definition) is 3. The molecule has 118 valence electrons. The Balaban J connectivity index is 1.58. The summed E-state index contributed by atoms with van der Waals surface area (Å²) in [4.78, 5) is 11.7. The van der Waals surface area contributed by atoms with Gasteiger partial charge in [0, 0.05) is 12.6 Å². The van der Waals surface area contributed by atoms with E-state index in [4.69, 9.17) is 4.74 Å². The molecule has 0 fully saturated rings. The average Bonchev–Trinajstić information content (AvgIpc) is 3.01. The number of carbonyl (C=O) groups is 1. The Bertz CT molecular complexity index is 594. The molecule has 0 saturated carbocycles. The van der Waals surface area contributed by atoms with Crippen LogP contribution in [0.5, 0.6) is 5.75 Å². The minimum atomic E-state index is 0.0568. The number of aryl methyl sites for hydroxylation is 2. The maximum atomic E-state index is 11.7. The van der Waals surface area contributed by atoms with E-state index in [0.717, 1.165) is 29.8 Å². The number of unbranched alkanes of at least 4 members (excludes halogenated alkanes) is 1. The van der Waals surface area contributed by atoms with Crippen LogP contribution >= 0.6 is 0 Å². The Hall–Kier alpha value is -2.30. The normalized spacial score (nSPS) is 10.5.